The predicted molar refractivity (Wildman–Crippen MR) is 76.1 cm³/mol. The van der Waals surface area contributed by atoms with Crippen LogP contribution in [0.2, 0.25) is 0 Å². The SMILES string of the molecule is CCC1CN(C(=O)c2cc(S)ccc2F)CCS1. The number of amides is 1. The van der Waals surface area contributed by atoms with E-state index in [0.29, 0.717) is 23.2 Å². The smallest absolute Gasteiger partial charge is 0.256 e. The molecule has 1 saturated heterocycles. The number of benzene rings is 1. The van der Waals surface area contributed by atoms with Gasteiger partial charge in [0.15, 0.2) is 0 Å². The summed E-state index contributed by atoms with van der Waals surface area (Å²) in [6, 6.07) is 4.35. The highest BCUT2D eigenvalue weighted by Crippen LogP contribution is 2.23. The Bertz CT molecular complexity index is 453. The first-order valence-electron chi connectivity index (χ1n) is 6.01. The van der Waals surface area contributed by atoms with Gasteiger partial charge in [0.1, 0.15) is 5.82 Å². The molecule has 1 heterocycles. The topological polar surface area (TPSA) is 20.3 Å². The maximum atomic E-state index is 13.7. The van der Waals surface area contributed by atoms with Gasteiger partial charge in [-0.25, -0.2) is 4.39 Å². The molecule has 0 N–H and O–H groups in total. The van der Waals surface area contributed by atoms with Gasteiger partial charge in [-0.1, -0.05) is 6.92 Å². The van der Waals surface area contributed by atoms with Crippen molar-refractivity contribution in [3.8, 4) is 0 Å². The molecule has 0 aromatic heterocycles. The number of halogens is 1. The van der Waals surface area contributed by atoms with Crippen LogP contribution in [-0.2, 0) is 0 Å². The second kappa shape index (κ2) is 5.97. The fraction of sp³-hybridized carbons (Fsp3) is 0.462. The molecule has 1 aliphatic heterocycles. The third-order valence-corrected chi connectivity index (χ3v) is 4.71. The molecule has 1 fully saturated rings. The van der Waals surface area contributed by atoms with Gasteiger partial charge in [-0.15, -0.1) is 12.6 Å². The van der Waals surface area contributed by atoms with Crippen LogP contribution in [0.5, 0.6) is 0 Å². The molecular weight excluding hydrogens is 269 g/mol. The quantitative estimate of drug-likeness (QED) is 0.843. The van der Waals surface area contributed by atoms with Crippen molar-refractivity contribution in [1.82, 2.24) is 4.90 Å². The molecule has 2 nitrogen and oxygen atoms in total. The van der Waals surface area contributed by atoms with E-state index < -0.39 is 5.82 Å². The van der Waals surface area contributed by atoms with Crippen LogP contribution in [0.3, 0.4) is 0 Å². The first-order valence-corrected chi connectivity index (χ1v) is 7.50. The third-order valence-electron chi connectivity index (χ3n) is 3.06. The van der Waals surface area contributed by atoms with E-state index in [2.05, 4.69) is 19.6 Å². The van der Waals surface area contributed by atoms with Crippen molar-refractivity contribution in [3.05, 3.63) is 29.6 Å². The van der Waals surface area contributed by atoms with Gasteiger partial charge in [-0.05, 0) is 24.6 Å². The van der Waals surface area contributed by atoms with Gasteiger partial charge < -0.3 is 4.90 Å². The number of hydrogen-bond donors (Lipinski definition) is 1. The Morgan fingerprint density at radius 2 is 2.39 bits per heavy atom. The molecule has 1 aromatic carbocycles. The minimum atomic E-state index is -0.468. The van der Waals surface area contributed by atoms with E-state index in [0.717, 1.165) is 12.2 Å². The van der Waals surface area contributed by atoms with E-state index in [4.69, 9.17) is 0 Å². The predicted octanol–water partition coefficient (Wildman–Crippen LogP) is 3.08. The van der Waals surface area contributed by atoms with Crippen LogP contribution in [0.1, 0.15) is 23.7 Å². The summed E-state index contributed by atoms with van der Waals surface area (Å²) in [5.74, 6) is 0.234. The molecule has 0 saturated carbocycles. The highest BCUT2D eigenvalue weighted by Gasteiger charge is 2.25. The van der Waals surface area contributed by atoms with E-state index >= 15 is 0 Å². The van der Waals surface area contributed by atoms with E-state index in [9.17, 15) is 9.18 Å². The Hall–Kier alpha value is -0.680. The lowest BCUT2D eigenvalue weighted by Gasteiger charge is -2.32. The fourth-order valence-corrected chi connectivity index (χ4v) is 3.38. The van der Waals surface area contributed by atoms with E-state index in [1.54, 1.807) is 11.0 Å². The zero-order valence-electron chi connectivity index (χ0n) is 10.2. The summed E-state index contributed by atoms with van der Waals surface area (Å²) in [6.45, 7) is 3.51. The highest BCUT2D eigenvalue weighted by molar-refractivity contribution is 8.00. The summed E-state index contributed by atoms with van der Waals surface area (Å²) in [4.78, 5) is 14.6. The number of hydrogen-bond acceptors (Lipinski definition) is 3. The van der Waals surface area contributed by atoms with Gasteiger partial charge in [0.2, 0.25) is 0 Å². The number of rotatable bonds is 2. The number of carbonyl (C=O) groups excluding carboxylic acids is 1. The number of thioether (sulfide) groups is 1. The van der Waals surface area contributed by atoms with Crippen LogP contribution < -0.4 is 0 Å². The largest absolute Gasteiger partial charge is 0.337 e. The zero-order valence-corrected chi connectivity index (χ0v) is 11.9. The maximum absolute atomic E-state index is 13.7. The maximum Gasteiger partial charge on any atom is 0.256 e. The summed E-state index contributed by atoms with van der Waals surface area (Å²) < 4.78 is 13.7. The minimum absolute atomic E-state index is 0.129. The standard InChI is InChI=1S/C13H16FNOS2/c1-2-10-8-15(5-6-18-10)13(16)11-7-9(17)3-4-12(11)14/h3-4,7,10,17H,2,5-6,8H2,1H3. The molecule has 0 aliphatic carbocycles. The molecule has 18 heavy (non-hydrogen) atoms. The van der Waals surface area contributed by atoms with Gasteiger partial charge in [0, 0.05) is 29.0 Å². The van der Waals surface area contributed by atoms with Gasteiger partial charge in [-0.2, -0.15) is 11.8 Å². The average Bonchev–Trinajstić information content (AvgIpc) is 2.41. The van der Waals surface area contributed by atoms with Gasteiger partial charge in [0.05, 0.1) is 5.56 Å². The van der Waals surface area contributed by atoms with Crippen molar-refractivity contribution in [1.29, 1.82) is 0 Å². The van der Waals surface area contributed by atoms with E-state index in [-0.39, 0.29) is 11.5 Å². The van der Waals surface area contributed by atoms with Gasteiger partial charge in [0.25, 0.3) is 5.91 Å². The van der Waals surface area contributed by atoms with Crippen molar-refractivity contribution in [3.63, 3.8) is 0 Å². The molecule has 1 aromatic rings. The summed E-state index contributed by atoms with van der Waals surface area (Å²) in [7, 11) is 0. The normalized spacial score (nSPS) is 19.9. The van der Waals surface area contributed by atoms with E-state index in [1.807, 2.05) is 11.8 Å². The average molecular weight is 285 g/mol. The van der Waals surface area contributed by atoms with E-state index in [1.165, 1.54) is 12.1 Å². The molecular formula is C13H16FNOS2. The number of nitrogens with zero attached hydrogens (tertiary/aromatic N) is 1. The Balaban J connectivity index is 2.17. The zero-order chi connectivity index (χ0) is 13.1. The molecule has 1 atom stereocenters. The Morgan fingerprint density at radius 1 is 1.61 bits per heavy atom. The Morgan fingerprint density at radius 3 is 3.11 bits per heavy atom. The van der Waals surface area contributed by atoms with Crippen molar-refractivity contribution in [2.75, 3.05) is 18.8 Å². The molecule has 1 unspecified atom stereocenters. The molecule has 2 rings (SSSR count). The van der Waals surface area contributed by atoms with Crippen LogP contribution in [0.15, 0.2) is 23.1 Å². The first kappa shape index (κ1) is 13.7. The first-order chi connectivity index (χ1) is 8.61. The lowest BCUT2D eigenvalue weighted by Crippen LogP contribution is -2.42. The van der Waals surface area contributed by atoms with Crippen molar-refractivity contribution in [2.24, 2.45) is 0 Å². The second-order valence-electron chi connectivity index (χ2n) is 4.32. The summed E-state index contributed by atoms with van der Waals surface area (Å²) in [5, 5.41) is 0.463. The monoisotopic (exact) mass is 285 g/mol. The molecule has 1 amide bonds. The van der Waals surface area contributed by atoms with Crippen LogP contribution >= 0.6 is 24.4 Å². The van der Waals surface area contributed by atoms with Crippen molar-refractivity contribution in [2.45, 2.75) is 23.5 Å². The van der Waals surface area contributed by atoms with Crippen LogP contribution in [0.25, 0.3) is 0 Å². The van der Waals surface area contributed by atoms with Crippen LogP contribution in [0.4, 0.5) is 4.39 Å². The highest BCUT2D eigenvalue weighted by atomic mass is 32.2. The summed E-state index contributed by atoms with van der Waals surface area (Å²) in [6.07, 6.45) is 1.03. The number of thiol groups is 1. The van der Waals surface area contributed by atoms with Crippen molar-refractivity contribution < 1.29 is 9.18 Å². The lowest BCUT2D eigenvalue weighted by atomic mass is 10.1. The molecule has 0 radical (unpaired) electrons. The Kier molecular flexibility index (Phi) is 4.56. The van der Waals surface area contributed by atoms with Gasteiger partial charge in [-0.3, -0.25) is 4.79 Å². The van der Waals surface area contributed by atoms with Crippen molar-refractivity contribution >= 4 is 30.3 Å². The molecule has 0 bridgehead atoms. The molecule has 1 aliphatic rings. The minimum Gasteiger partial charge on any atom is -0.337 e. The molecule has 98 valence electrons. The Labute approximate surface area is 116 Å². The third kappa shape index (κ3) is 3.01. The van der Waals surface area contributed by atoms with Gasteiger partial charge >= 0.3 is 0 Å². The molecule has 5 heteroatoms. The summed E-state index contributed by atoms with van der Waals surface area (Å²) in [5.41, 5.74) is 0.129. The van der Waals surface area contributed by atoms with Crippen LogP contribution in [-0.4, -0.2) is 34.9 Å². The summed E-state index contributed by atoms with van der Waals surface area (Å²) >= 11 is 6.04. The number of carbonyl (C=O) groups is 1. The molecule has 0 spiro atoms. The second-order valence-corrected chi connectivity index (χ2v) is 6.24. The lowest BCUT2D eigenvalue weighted by molar-refractivity contribution is 0.0756. The van der Waals surface area contributed by atoms with Crippen LogP contribution in [0, 0.1) is 5.82 Å². The fourth-order valence-electron chi connectivity index (χ4n) is 2.00.